The molecule has 1 amide bonds. The Kier molecular flexibility index (Phi) is 6.29. The molecule has 0 spiro atoms. The van der Waals surface area contributed by atoms with E-state index in [-0.39, 0.29) is 5.91 Å². The van der Waals surface area contributed by atoms with Crippen LogP contribution < -0.4 is 11.1 Å². The van der Waals surface area contributed by atoms with Gasteiger partial charge < -0.3 is 11.1 Å². The third-order valence-corrected chi connectivity index (χ3v) is 3.71. The maximum Gasteiger partial charge on any atom is 0.251 e. The molecule has 1 aromatic rings. The van der Waals surface area contributed by atoms with Gasteiger partial charge in [0.15, 0.2) is 0 Å². The maximum atomic E-state index is 11.9. The molecule has 0 atom stereocenters. The molecule has 5 heteroatoms. The zero-order chi connectivity index (χ0) is 13.5. The Balaban J connectivity index is 2.41. The largest absolute Gasteiger partial charge is 0.393 e. The van der Waals surface area contributed by atoms with E-state index in [1.165, 1.54) is 0 Å². The number of nitrogens with two attached hydrogens (primary N) is 1. The van der Waals surface area contributed by atoms with Gasteiger partial charge in [-0.2, -0.15) is 0 Å². The van der Waals surface area contributed by atoms with Crippen LogP contribution in [0.3, 0.4) is 0 Å². The third-order valence-electron chi connectivity index (χ3n) is 2.65. The topological polar surface area (TPSA) is 55.1 Å². The van der Waals surface area contributed by atoms with E-state index < -0.39 is 0 Å². The maximum absolute atomic E-state index is 11.9. The van der Waals surface area contributed by atoms with Crippen LogP contribution in [0, 0.1) is 6.92 Å². The van der Waals surface area contributed by atoms with Crippen LogP contribution in [0.4, 0.5) is 0 Å². The van der Waals surface area contributed by atoms with Crippen LogP contribution >= 0.6 is 28.1 Å². The molecule has 0 aliphatic rings. The van der Waals surface area contributed by atoms with Crippen molar-refractivity contribution < 1.29 is 4.79 Å². The summed E-state index contributed by atoms with van der Waals surface area (Å²) < 4.78 is 0.948. The van der Waals surface area contributed by atoms with Crippen molar-refractivity contribution in [2.45, 2.75) is 26.2 Å². The van der Waals surface area contributed by atoms with Gasteiger partial charge in [-0.05, 0) is 43.9 Å². The number of unbranched alkanes of at least 4 members (excludes halogenated alkanes) is 1. The van der Waals surface area contributed by atoms with Gasteiger partial charge in [-0.15, -0.1) is 0 Å². The van der Waals surface area contributed by atoms with E-state index in [9.17, 15) is 4.79 Å². The number of amides is 1. The highest BCUT2D eigenvalue weighted by molar-refractivity contribution is 9.10. The molecule has 0 aliphatic carbocycles. The summed E-state index contributed by atoms with van der Waals surface area (Å²) in [7, 11) is 0. The fourth-order valence-corrected chi connectivity index (χ4v) is 2.09. The van der Waals surface area contributed by atoms with Crippen LogP contribution in [0.1, 0.15) is 35.2 Å². The van der Waals surface area contributed by atoms with Crippen molar-refractivity contribution in [3.63, 3.8) is 0 Å². The summed E-state index contributed by atoms with van der Waals surface area (Å²) in [5.41, 5.74) is 7.06. The quantitative estimate of drug-likeness (QED) is 0.623. The Hall–Kier alpha value is -0.940. The number of carbonyl (C=O) groups excluding carboxylic acids is 1. The Labute approximate surface area is 121 Å². The smallest absolute Gasteiger partial charge is 0.251 e. The van der Waals surface area contributed by atoms with Crippen molar-refractivity contribution in [1.82, 2.24) is 5.32 Å². The molecule has 0 heterocycles. The van der Waals surface area contributed by atoms with Crippen LogP contribution in [0.15, 0.2) is 22.7 Å². The molecular formula is C13H17BrN2OS. The van der Waals surface area contributed by atoms with Crippen molar-refractivity contribution in [3.05, 3.63) is 33.8 Å². The molecule has 0 bridgehead atoms. The van der Waals surface area contributed by atoms with E-state index >= 15 is 0 Å². The minimum absolute atomic E-state index is 0.0378. The van der Waals surface area contributed by atoms with Crippen molar-refractivity contribution in [1.29, 1.82) is 0 Å². The van der Waals surface area contributed by atoms with E-state index in [2.05, 4.69) is 21.2 Å². The molecule has 98 valence electrons. The predicted molar refractivity (Wildman–Crippen MR) is 81.8 cm³/mol. The first-order valence-electron chi connectivity index (χ1n) is 5.84. The van der Waals surface area contributed by atoms with Gasteiger partial charge in [-0.1, -0.05) is 34.2 Å². The van der Waals surface area contributed by atoms with Crippen molar-refractivity contribution >= 4 is 39.0 Å². The number of benzene rings is 1. The summed E-state index contributed by atoms with van der Waals surface area (Å²) in [6, 6.07) is 5.61. The lowest BCUT2D eigenvalue weighted by molar-refractivity contribution is 0.0952. The van der Waals surface area contributed by atoms with Gasteiger partial charge in [0.2, 0.25) is 0 Å². The van der Waals surface area contributed by atoms with E-state index in [1.54, 1.807) is 0 Å². The average molecular weight is 329 g/mol. The summed E-state index contributed by atoms with van der Waals surface area (Å²) in [5.74, 6) is -0.0378. The van der Waals surface area contributed by atoms with Gasteiger partial charge in [-0.3, -0.25) is 4.79 Å². The van der Waals surface area contributed by atoms with Gasteiger partial charge in [0, 0.05) is 16.6 Å². The summed E-state index contributed by atoms with van der Waals surface area (Å²) in [4.78, 5) is 12.5. The first kappa shape index (κ1) is 15.1. The number of nitrogens with one attached hydrogen (secondary N) is 1. The number of carbonyl (C=O) groups is 1. The molecular weight excluding hydrogens is 312 g/mol. The number of hydrogen-bond donors (Lipinski definition) is 2. The molecule has 0 saturated carbocycles. The lowest BCUT2D eigenvalue weighted by Gasteiger charge is -2.08. The van der Waals surface area contributed by atoms with Crippen LogP contribution in [0.25, 0.3) is 0 Å². The number of rotatable bonds is 6. The number of halogens is 1. The zero-order valence-electron chi connectivity index (χ0n) is 10.3. The second kappa shape index (κ2) is 7.48. The van der Waals surface area contributed by atoms with E-state index in [0.29, 0.717) is 17.1 Å². The standard InChI is InChI=1S/C13H17BrN2OS/c1-9-10(5-4-6-11(9)14)13(17)16-8-3-2-7-12(15)18/h4-6H,2-3,7-8H2,1H3,(H2,15,18)(H,16,17). The van der Waals surface area contributed by atoms with Gasteiger partial charge >= 0.3 is 0 Å². The van der Waals surface area contributed by atoms with E-state index in [4.69, 9.17) is 18.0 Å². The molecule has 0 aromatic heterocycles. The Morgan fingerprint density at radius 2 is 2.17 bits per heavy atom. The summed E-state index contributed by atoms with van der Waals surface area (Å²) >= 11 is 8.21. The minimum atomic E-state index is -0.0378. The Morgan fingerprint density at radius 3 is 2.83 bits per heavy atom. The first-order chi connectivity index (χ1) is 8.52. The number of hydrogen-bond acceptors (Lipinski definition) is 2. The molecule has 1 rings (SSSR count). The summed E-state index contributed by atoms with van der Waals surface area (Å²) in [6.07, 6.45) is 2.53. The molecule has 0 fully saturated rings. The monoisotopic (exact) mass is 328 g/mol. The fraction of sp³-hybridized carbons (Fsp3) is 0.385. The highest BCUT2D eigenvalue weighted by atomic mass is 79.9. The second-order valence-electron chi connectivity index (χ2n) is 4.09. The van der Waals surface area contributed by atoms with Gasteiger partial charge in [0.1, 0.15) is 0 Å². The zero-order valence-corrected chi connectivity index (χ0v) is 12.7. The van der Waals surface area contributed by atoms with Crippen LogP contribution in [-0.4, -0.2) is 17.4 Å². The van der Waals surface area contributed by atoms with E-state index in [1.807, 2.05) is 25.1 Å². The molecule has 0 aliphatic heterocycles. The van der Waals surface area contributed by atoms with Gasteiger partial charge in [0.05, 0.1) is 4.99 Å². The molecule has 1 aromatic carbocycles. The molecule has 18 heavy (non-hydrogen) atoms. The second-order valence-corrected chi connectivity index (χ2v) is 5.47. The van der Waals surface area contributed by atoms with Gasteiger partial charge in [-0.25, -0.2) is 0 Å². The lowest BCUT2D eigenvalue weighted by Crippen LogP contribution is -2.25. The summed E-state index contributed by atoms with van der Waals surface area (Å²) in [5, 5.41) is 2.90. The molecule has 3 nitrogen and oxygen atoms in total. The van der Waals surface area contributed by atoms with Crippen LogP contribution in [-0.2, 0) is 0 Å². The minimum Gasteiger partial charge on any atom is -0.393 e. The summed E-state index contributed by atoms with van der Waals surface area (Å²) in [6.45, 7) is 2.57. The fourth-order valence-electron chi connectivity index (χ4n) is 1.57. The normalized spacial score (nSPS) is 10.1. The molecule has 0 radical (unpaired) electrons. The average Bonchev–Trinajstić information content (AvgIpc) is 2.31. The third kappa shape index (κ3) is 4.74. The van der Waals surface area contributed by atoms with Crippen molar-refractivity contribution in [3.8, 4) is 0 Å². The lowest BCUT2D eigenvalue weighted by atomic mass is 10.1. The highest BCUT2D eigenvalue weighted by Crippen LogP contribution is 2.19. The van der Waals surface area contributed by atoms with Crippen molar-refractivity contribution in [2.75, 3.05) is 6.54 Å². The molecule has 3 N–H and O–H groups in total. The predicted octanol–water partition coefficient (Wildman–Crippen LogP) is 2.94. The van der Waals surface area contributed by atoms with Crippen molar-refractivity contribution in [2.24, 2.45) is 5.73 Å². The van der Waals surface area contributed by atoms with E-state index in [0.717, 1.165) is 29.3 Å². The SMILES string of the molecule is Cc1c(Br)cccc1C(=O)NCCCCC(N)=S. The Morgan fingerprint density at radius 1 is 1.44 bits per heavy atom. The van der Waals surface area contributed by atoms with Gasteiger partial charge in [0.25, 0.3) is 5.91 Å². The van der Waals surface area contributed by atoms with Crippen LogP contribution in [0.5, 0.6) is 0 Å². The highest BCUT2D eigenvalue weighted by Gasteiger charge is 2.09. The molecule has 0 saturated heterocycles. The Bertz CT molecular complexity index is 449. The molecule has 0 unspecified atom stereocenters. The number of thiocarbonyl (C=S) groups is 1. The van der Waals surface area contributed by atoms with Crippen LogP contribution in [0.2, 0.25) is 0 Å². The first-order valence-corrected chi connectivity index (χ1v) is 7.04.